The Balaban J connectivity index is 0.00000200. The molecule has 19 heavy (non-hydrogen) atoms. The van der Waals surface area contributed by atoms with Crippen LogP contribution in [0.2, 0.25) is 0 Å². The zero-order valence-corrected chi connectivity index (χ0v) is 11.3. The zero-order chi connectivity index (χ0) is 14.0. The SMILES string of the molecule is Cc1ccc(C(OO)C2CCC(C)CC2)c(F)c1F.[HH]. The van der Waals surface area contributed by atoms with Crippen LogP contribution in [0.25, 0.3) is 0 Å². The van der Waals surface area contributed by atoms with Crippen LogP contribution < -0.4 is 0 Å². The molecule has 1 aromatic rings. The van der Waals surface area contributed by atoms with Crippen molar-refractivity contribution in [1.29, 1.82) is 0 Å². The van der Waals surface area contributed by atoms with Crippen LogP contribution in [0.15, 0.2) is 12.1 Å². The second kappa shape index (κ2) is 5.97. The number of hydrogen-bond donors (Lipinski definition) is 1. The van der Waals surface area contributed by atoms with E-state index in [9.17, 15) is 8.78 Å². The molecule has 1 atom stereocenters. The van der Waals surface area contributed by atoms with Crippen molar-refractivity contribution in [1.82, 2.24) is 0 Å². The summed E-state index contributed by atoms with van der Waals surface area (Å²) in [7, 11) is 0. The molecular formula is C15H22F2O2. The van der Waals surface area contributed by atoms with E-state index in [2.05, 4.69) is 11.8 Å². The molecule has 0 aromatic heterocycles. The standard InChI is InChI=1S/C15H20F2O2.H2/c1-9-3-6-11(7-4-9)15(19-18)12-8-5-10(2)13(16)14(12)17;/h5,8-9,11,15,18H,3-4,6-7H2,1-2H3;1H. The van der Waals surface area contributed by atoms with Crippen LogP contribution in [0, 0.1) is 30.4 Å². The van der Waals surface area contributed by atoms with Crippen LogP contribution in [0.1, 0.15) is 51.3 Å². The molecule has 1 aliphatic rings. The van der Waals surface area contributed by atoms with Gasteiger partial charge in [-0.05, 0) is 37.2 Å². The van der Waals surface area contributed by atoms with Crippen molar-refractivity contribution >= 4 is 0 Å². The molecule has 2 rings (SSSR count). The Morgan fingerprint density at radius 2 is 1.84 bits per heavy atom. The summed E-state index contributed by atoms with van der Waals surface area (Å²) in [5.74, 6) is -1.07. The first-order valence-electron chi connectivity index (χ1n) is 6.79. The highest BCUT2D eigenvalue weighted by Gasteiger charge is 2.31. The molecule has 1 aromatic carbocycles. The van der Waals surface area contributed by atoms with E-state index in [4.69, 9.17) is 5.26 Å². The smallest absolute Gasteiger partial charge is 0.165 e. The Hall–Kier alpha value is -1.00. The maximum atomic E-state index is 14.0. The molecule has 0 heterocycles. The third kappa shape index (κ3) is 2.95. The highest BCUT2D eigenvalue weighted by molar-refractivity contribution is 5.27. The summed E-state index contributed by atoms with van der Waals surface area (Å²) in [5.41, 5.74) is 0.375. The minimum Gasteiger partial charge on any atom is -0.251 e. The fourth-order valence-electron chi connectivity index (χ4n) is 2.87. The highest BCUT2D eigenvalue weighted by Crippen LogP contribution is 2.39. The van der Waals surface area contributed by atoms with E-state index in [0.717, 1.165) is 25.7 Å². The average Bonchev–Trinajstić information content (AvgIpc) is 2.41. The Morgan fingerprint density at radius 1 is 1.21 bits per heavy atom. The van der Waals surface area contributed by atoms with Crippen molar-refractivity contribution in [2.75, 3.05) is 0 Å². The van der Waals surface area contributed by atoms with Gasteiger partial charge in [0.15, 0.2) is 11.6 Å². The minimum atomic E-state index is -0.905. The summed E-state index contributed by atoms with van der Waals surface area (Å²) in [5, 5.41) is 9.09. The molecule has 0 spiro atoms. The second-order valence-electron chi connectivity index (χ2n) is 5.65. The molecule has 0 amide bonds. The van der Waals surface area contributed by atoms with E-state index >= 15 is 0 Å². The van der Waals surface area contributed by atoms with Crippen molar-refractivity contribution in [3.05, 3.63) is 34.9 Å². The quantitative estimate of drug-likeness (QED) is 0.628. The minimum absolute atomic E-state index is 0. The third-order valence-electron chi connectivity index (χ3n) is 4.21. The van der Waals surface area contributed by atoms with Crippen molar-refractivity contribution in [2.45, 2.75) is 45.6 Å². The normalized spacial score (nSPS) is 25.3. The molecule has 2 nitrogen and oxygen atoms in total. The summed E-state index contributed by atoms with van der Waals surface area (Å²) in [4.78, 5) is 4.48. The van der Waals surface area contributed by atoms with Gasteiger partial charge in [0, 0.05) is 6.99 Å². The summed E-state index contributed by atoms with van der Waals surface area (Å²) in [6.07, 6.45) is 3.01. The number of hydrogen-bond acceptors (Lipinski definition) is 2. The lowest BCUT2D eigenvalue weighted by Crippen LogP contribution is -2.22. The van der Waals surface area contributed by atoms with Gasteiger partial charge in [0.2, 0.25) is 0 Å². The lowest BCUT2D eigenvalue weighted by atomic mass is 9.78. The first kappa shape index (κ1) is 14.4. The maximum Gasteiger partial charge on any atom is 0.165 e. The molecule has 0 bridgehead atoms. The topological polar surface area (TPSA) is 29.5 Å². The van der Waals surface area contributed by atoms with Gasteiger partial charge in [-0.25, -0.2) is 13.7 Å². The Kier molecular flexibility index (Phi) is 4.53. The van der Waals surface area contributed by atoms with Crippen LogP contribution in [-0.2, 0) is 4.89 Å². The largest absolute Gasteiger partial charge is 0.251 e. The van der Waals surface area contributed by atoms with Gasteiger partial charge in [0.1, 0.15) is 6.10 Å². The van der Waals surface area contributed by atoms with Gasteiger partial charge < -0.3 is 0 Å². The lowest BCUT2D eigenvalue weighted by Gasteiger charge is -2.31. The first-order valence-corrected chi connectivity index (χ1v) is 6.79. The second-order valence-corrected chi connectivity index (χ2v) is 5.65. The molecule has 1 fully saturated rings. The Morgan fingerprint density at radius 3 is 2.42 bits per heavy atom. The van der Waals surface area contributed by atoms with E-state index in [1.54, 1.807) is 0 Å². The van der Waals surface area contributed by atoms with E-state index in [-0.39, 0.29) is 18.5 Å². The average molecular weight is 272 g/mol. The van der Waals surface area contributed by atoms with Crippen LogP contribution in [0.5, 0.6) is 0 Å². The fourth-order valence-corrected chi connectivity index (χ4v) is 2.87. The predicted octanol–water partition coefficient (Wildman–Crippen LogP) is 4.88. The van der Waals surface area contributed by atoms with Crippen molar-refractivity contribution in [2.24, 2.45) is 11.8 Å². The number of aryl methyl sites for hydroxylation is 1. The first-order chi connectivity index (χ1) is 9.04. The zero-order valence-electron chi connectivity index (χ0n) is 11.3. The molecule has 1 N–H and O–H groups in total. The molecule has 1 saturated carbocycles. The molecule has 1 unspecified atom stereocenters. The van der Waals surface area contributed by atoms with Crippen molar-refractivity contribution in [3.8, 4) is 0 Å². The summed E-state index contributed by atoms with van der Waals surface area (Å²) < 4.78 is 27.6. The Labute approximate surface area is 113 Å². The summed E-state index contributed by atoms with van der Waals surface area (Å²) >= 11 is 0. The Bertz CT molecular complexity index is 446. The molecule has 108 valence electrons. The van der Waals surface area contributed by atoms with Crippen molar-refractivity contribution in [3.63, 3.8) is 0 Å². The van der Waals surface area contributed by atoms with Gasteiger partial charge in [-0.1, -0.05) is 31.9 Å². The number of benzene rings is 1. The highest BCUT2D eigenvalue weighted by atomic mass is 19.2. The predicted molar refractivity (Wildman–Crippen MR) is 70.8 cm³/mol. The van der Waals surface area contributed by atoms with Crippen LogP contribution in [0.3, 0.4) is 0 Å². The molecule has 0 saturated heterocycles. The third-order valence-corrected chi connectivity index (χ3v) is 4.21. The van der Waals surface area contributed by atoms with Crippen LogP contribution in [0.4, 0.5) is 8.78 Å². The van der Waals surface area contributed by atoms with Gasteiger partial charge in [0.05, 0.1) is 0 Å². The monoisotopic (exact) mass is 272 g/mol. The molecule has 0 radical (unpaired) electrons. The molecule has 1 aliphatic carbocycles. The van der Waals surface area contributed by atoms with Gasteiger partial charge in [-0.3, -0.25) is 5.26 Å². The number of halogens is 2. The molecular weight excluding hydrogens is 250 g/mol. The summed E-state index contributed by atoms with van der Waals surface area (Å²) in [6.45, 7) is 3.69. The lowest BCUT2D eigenvalue weighted by molar-refractivity contribution is -0.296. The van der Waals surface area contributed by atoms with Gasteiger partial charge in [0.25, 0.3) is 0 Å². The maximum absolute atomic E-state index is 14.0. The fraction of sp³-hybridized carbons (Fsp3) is 0.600. The van der Waals surface area contributed by atoms with E-state index < -0.39 is 17.7 Å². The molecule has 4 heteroatoms. The number of rotatable bonds is 3. The van der Waals surface area contributed by atoms with Crippen molar-refractivity contribution < 1.29 is 20.4 Å². The molecule has 0 aliphatic heterocycles. The summed E-state index contributed by atoms with van der Waals surface area (Å²) in [6, 6.07) is 3.03. The van der Waals surface area contributed by atoms with Crippen LogP contribution >= 0.6 is 0 Å². The van der Waals surface area contributed by atoms with E-state index in [1.807, 2.05) is 0 Å². The van der Waals surface area contributed by atoms with Crippen LogP contribution in [-0.4, -0.2) is 5.26 Å². The van der Waals surface area contributed by atoms with Gasteiger partial charge in [-0.15, -0.1) is 0 Å². The van der Waals surface area contributed by atoms with E-state index in [0.29, 0.717) is 5.92 Å². The van der Waals surface area contributed by atoms with Gasteiger partial charge in [-0.2, -0.15) is 0 Å². The van der Waals surface area contributed by atoms with Gasteiger partial charge >= 0.3 is 0 Å². The van der Waals surface area contributed by atoms with E-state index in [1.165, 1.54) is 19.1 Å².